The Morgan fingerprint density at radius 2 is 1.77 bits per heavy atom. The first-order valence-electron chi connectivity index (χ1n) is 8.61. The van der Waals surface area contributed by atoms with Crippen molar-refractivity contribution in [2.24, 2.45) is 0 Å². The van der Waals surface area contributed by atoms with Crippen molar-refractivity contribution in [2.75, 3.05) is 33.2 Å². The van der Waals surface area contributed by atoms with Gasteiger partial charge in [-0.25, -0.2) is 13.1 Å². The van der Waals surface area contributed by atoms with Crippen LogP contribution >= 0.6 is 22.9 Å². The summed E-state index contributed by atoms with van der Waals surface area (Å²) in [7, 11) is -1.49. The summed E-state index contributed by atoms with van der Waals surface area (Å²) in [5.41, 5.74) is 0. The molecule has 0 saturated carbocycles. The lowest BCUT2D eigenvalue weighted by molar-refractivity contribution is 0.0994. The summed E-state index contributed by atoms with van der Waals surface area (Å²) < 4.78 is 28.4. The number of sulfonamides is 1. The van der Waals surface area contributed by atoms with Gasteiger partial charge in [0.25, 0.3) is 0 Å². The van der Waals surface area contributed by atoms with Gasteiger partial charge >= 0.3 is 0 Å². The molecule has 1 aliphatic rings. The Labute approximate surface area is 164 Å². The molecule has 2 heterocycles. The Hall–Kier alpha value is -0.960. The first-order valence-corrected chi connectivity index (χ1v) is 11.3. The zero-order valence-electron chi connectivity index (χ0n) is 14.9. The number of rotatable bonds is 6. The van der Waals surface area contributed by atoms with Crippen LogP contribution in [0.2, 0.25) is 5.02 Å². The lowest BCUT2D eigenvalue weighted by Crippen LogP contribution is -2.51. The lowest BCUT2D eigenvalue weighted by Gasteiger charge is -2.40. The van der Waals surface area contributed by atoms with E-state index in [4.69, 9.17) is 11.6 Å². The van der Waals surface area contributed by atoms with Gasteiger partial charge in [0.05, 0.1) is 10.9 Å². The van der Waals surface area contributed by atoms with Gasteiger partial charge in [-0.1, -0.05) is 17.7 Å². The van der Waals surface area contributed by atoms with Gasteiger partial charge in [0.2, 0.25) is 10.0 Å². The van der Waals surface area contributed by atoms with Crippen molar-refractivity contribution in [2.45, 2.75) is 23.9 Å². The molecule has 0 bridgehead atoms. The third-order valence-electron chi connectivity index (χ3n) is 4.70. The van der Waals surface area contributed by atoms with Gasteiger partial charge in [-0.3, -0.25) is 4.90 Å². The lowest BCUT2D eigenvalue weighted by atomic mass is 10.1. The van der Waals surface area contributed by atoms with Crippen LogP contribution in [-0.2, 0) is 10.0 Å². The van der Waals surface area contributed by atoms with Crippen molar-refractivity contribution in [1.82, 2.24) is 14.5 Å². The minimum Gasteiger partial charge on any atom is -0.304 e. The number of halogens is 1. The largest absolute Gasteiger partial charge is 0.304 e. The molecular weight excluding hydrogens is 390 g/mol. The Morgan fingerprint density at radius 1 is 1.12 bits per heavy atom. The summed E-state index contributed by atoms with van der Waals surface area (Å²) in [6, 6.07) is 10.1. The second-order valence-electron chi connectivity index (χ2n) is 6.66. The molecule has 2 atom stereocenters. The standard InChI is InChI=1S/C18H24ClN3O2S2/c1-14(20-26(23,24)16-7-5-15(19)6-8-16)18(17-4-3-13-25-17)22-11-9-21(2)10-12-22/h3-8,13-14,18,20H,9-12H2,1-2H3/t14-,18+/m1/s1. The van der Waals surface area contributed by atoms with E-state index in [0.717, 1.165) is 26.2 Å². The van der Waals surface area contributed by atoms with Crippen LogP contribution < -0.4 is 4.72 Å². The highest BCUT2D eigenvalue weighted by Crippen LogP contribution is 2.30. The second-order valence-corrected chi connectivity index (χ2v) is 9.79. The molecule has 3 rings (SSSR count). The van der Waals surface area contributed by atoms with Crippen LogP contribution in [0.15, 0.2) is 46.7 Å². The number of benzene rings is 1. The summed E-state index contributed by atoms with van der Waals surface area (Å²) in [4.78, 5) is 6.09. The normalized spacial score (nSPS) is 19.3. The average Bonchev–Trinajstić information content (AvgIpc) is 3.11. The van der Waals surface area contributed by atoms with E-state index < -0.39 is 10.0 Å². The van der Waals surface area contributed by atoms with Gasteiger partial charge in [0, 0.05) is 42.1 Å². The van der Waals surface area contributed by atoms with Crippen LogP contribution in [0, 0.1) is 0 Å². The molecule has 26 heavy (non-hydrogen) atoms. The molecule has 2 aromatic rings. The van der Waals surface area contributed by atoms with Crippen LogP contribution in [0.1, 0.15) is 17.8 Å². The molecule has 1 aliphatic heterocycles. The van der Waals surface area contributed by atoms with Crippen molar-refractivity contribution in [1.29, 1.82) is 0 Å². The maximum atomic E-state index is 12.8. The molecule has 0 spiro atoms. The maximum Gasteiger partial charge on any atom is 0.240 e. The average molecular weight is 414 g/mol. The number of thiophene rings is 1. The van der Waals surface area contributed by atoms with Crippen molar-refractivity contribution < 1.29 is 8.42 Å². The topological polar surface area (TPSA) is 52.7 Å². The maximum absolute atomic E-state index is 12.8. The van der Waals surface area contributed by atoms with Gasteiger partial charge in [0.15, 0.2) is 0 Å². The third kappa shape index (κ3) is 4.65. The number of nitrogens with zero attached hydrogens (tertiary/aromatic N) is 2. The van der Waals surface area contributed by atoms with Crippen molar-refractivity contribution >= 4 is 33.0 Å². The zero-order valence-corrected chi connectivity index (χ0v) is 17.3. The summed E-state index contributed by atoms with van der Waals surface area (Å²) in [5.74, 6) is 0. The summed E-state index contributed by atoms with van der Waals surface area (Å²) in [6.07, 6.45) is 0. The van der Waals surface area contributed by atoms with E-state index in [9.17, 15) is 8.42 Å². The number of nitrogens with one attached hydrogen (secondary N) is 1. The van der Waals surface area contributed by atoms with Crippen LogP contribution in [0.5, 0.6) is 0 Å². The molecule has 0 aliphatic carbocycles. The molecule has 1 fully saturated rings. The molecule has 0 amide bonds. The highest BCUT2D eigenvalue weighted by atomic mass is 35.5. The SMILES string of the molecule is C[C@@H](NS(=O)(=O)c1ccc(Cl)cc1)[C@@H](c1cccs1)N1CCN(C)CC1. The number of hydrogen-bond acceptors (Lipinski definition) is 5. The van der Waals surface area contributed by atoms with E-state index >= 15 is 0 Å². The predicted octanol–water partition coefficient (Wildman–Crippen LogP) is 3.06. The molecular formula is C18H24ClN3O2S2. The van der Waals surface area contributed by atoms with Crippen molar-refractivity contribution in [3.63, 3.8) is 0 Å². The van der Waals surface area contributed by atoms with Gasteiger partial charge in [-0.05, 0) is 49.7 Å². The van der Waals surface area contributed by atoms with E-state index in [2.05, 4.69) is 27.6 Å². The number of likely N-dealkylation sites (N-methyl/N-ethyl adjacent to an activating group) is 1. The second kappa shape index (κ2) is 8.37. The zero-order chi connectivity index (χ0) is 18.7. The molecule has 0 unspecified atom stereocenters. The molecule has 1 aromatic heterocycles. The minimum atomic E-state index is -3.60. The van der Waals surface area contributed by atoms with Crippen LogP contribution in [0.3, 0.4) is 0 Å². The van der Waals surface area contributed by atoms with E-state index in [1.165, 1.54) is 17.0 Å². The van der Waals surface area contributed by atoms with E-state index in [1.807, 2.05) is 18.4 Å². The number of hydrogen-bond donors (Lipinski definition) is 1. The molecule has 5 nitrogen and oxygen atoms in total. The fourth-order valence-electron chi connectivity index (χ4n) is 3.29. The summed E-state index contributed by atoms with van der Waals surface area (Å²) >= 11 is 7.54. The molecule has 0 radical (unpaired) electrons. The quantitative estimate of drug-likeness (QED) is 0.790. The van der Waals surface area contributed by atoms with Gasteiger partial charge in [-0.15, -0.1) is 11.3 Å². The fourth-order valence-corrected chi connectivity index (χ4v) is 5.63. The fraction of sp³-hybridized carbons (Fsp3) is 0.444. The van der Waals surface area contributed by atoms with Crippen LogP contribution in [-0.4, -0.2) is 57.5 Å². The monoisotopic (exact) mass is 413 g/mol. The first-order chi connectivity index (χ1) is 12.4. The Kier molecular flexibility index (Phi) is 6.37. The van der Waals surface area contributed by atoms with Gasteiger partial charge in [0.1, 0.15) is 0 Å². The van der Waals surface area contributed by atoms with Gasteiger partial charge in [-0.2, -0.15) is 0 Å². The van der Waals surface area contributed by atoms with Crippen LogP contribution in [0.25, 0.3) is 0 Å². The van der Waals surface area contributed by atoms with Crippen LogP contribution in [0.4, 0.5) is 0 Å². The smallest absolute Gasteiger partial charge is 0.240 e. The molecule has 8 heteroatoms. The van der Waals surface area contributed by atoms with Crippen molar-refractivity contribution in [3.05, 3.63) is 51.7 Å². The highest BCUT2D eigenvalue weighted by Gasteiger charge is 2.31. The summed E-state index contributed by atoms with van der Waals surface area (Å²) in [5, 5.41) is 2.56. The van der Waals surface area contributed by atoms with Crippen molar-refractivity contribution in [3.8, 4) is 0 Å². The highest BCUT2D eigenvalue weighted by molar-refractivity contribution is 7.89. The third-order valence-corrected chi connectivity index (χ3v) is 7.47. The summed E-state index contributed by atoms with van der Waals surface area (Å²) in [6.45, 7) is 5.76. The Morgan fingerprint density at radius 3 is 2.35 bits per heavy atom. The molecule has 1 aromatic carbocycles. The predicted molar refractivity (Wildman–Crippen MR) is 107 cm³/mol. The van der Waals surface area contributed by atoms with E-state index in [1.54, 1.807) is 23.5 Å². The molecule has 1 N–H and O–H groups in total. The van der Waals surface area contributed by atoms with E-state index in [-0.39, 0.29) is 17.0 Å². The van der Waals surface area contributed by atoms with E-state index in [0.29, 0.717) is 5.02 Å². The Balaban J connectivity index is 1.81. The first kappa shape index (κ1) is 19.8. The Bertz CT molecular complexity index is 801. The number of piperazine rings is 1. The molecule has 1 saturated heterocycles. The van der Waals surface area contributed by atoms with Gasteiger partial charge < -0.3 is 4.90 Å². The minimum absolute atomic E-state index is 0.0192. The molecule has 142 valence electrons.